The summed E-state index contributed by atoms with van der Waals surface area (Å²) in [4.78, 5) is -0.00139. The molecule has 5 nitrogen and oxygen atoms in total. The Balaban J connectivity index is 3.13. The van der Waals surface area contributed by atoms with Crippen molar-refractivity contribution in [2.45, 2.75) is 24.8 Å². The minimum Gasteiger partial charge on any atom is -0.495 e. The zero-order valence-electron chi connectivity index (χ0n) is 11.1. The Morgan fingerprint density at radius 1 is 1.42 bits per heavy atom. The van der Waals surface area contributed by atoms with Gasteiger partial charge in [-0.3, -0.25) is 0 Å². The Morgan fingerprint density at radius 2 is 2.05 bits per heavy atom. The normalized spacial score (nSPS) is 13.6. The SMILES string of the molecule is COc1cc(Cl)ccc1S(=O)(=O)N[C@H](CO)C(C)C. The highest BCUT2D eigenvalue weighted by atomic mass is 35.5. The lowest BCUT2D eigenvalue weighted by Crippen LogP contribution is -2.41. The number of halogens is 1. The molecule has 1 rings (SSSR count). The van der Waals surface area contributed by atoms with Gasteiger partial charge in [0, 0.05) is 17.1 Å². The van der Waals surface area contributed by atoms with Crippen LogP contribution in [0, 0.1) is 5.92 Å². The number of benzene rings is 1. The summed E-state index contributed by atoms with van der Waals surface area (Å²) in [5.41, 5.74) is 0. The molecular weight excluding hydrogens is 290 g/mol. The van der Waals surface area contributed by atoms with Crippen molar-refractivity contribution < 1.29 is 18.3 Å². The minimum atomic E-state index is -3.77. The third-order valence-corrected chi connectivity index (χ3v) is 4.49. The summed E-state index contributed by atoms with van der Waals surface area (Å²) in [7, 11) is -2.40. The first-order valence-corrected chi connectivity index (χ1v) is 7.64. The molecule has 1 aromatic rings. The van der Waals surface area contributed by atoms with Crippen molar-refractivity contribution in [2.75, 3.05) is 13.7 Å². The van der Waals surface area contributed by atoms with E-state index in [0.29, 0.717) is 5.02 Å². The van der Waals surface area contributed by atoms with E-state index in [1.165, 1.54) is 25.3 Å². The molecule has 0 saturated carbocycles. The van der Waals surface area contributed by atoms with E-state index in [4.69, 9.17) is 16.3 Å². The molecule has 0 spiro atoms. The van der Waals surface area contributed by atoms with E-state index < -0.39 is 16.1 Å². The number of aliphatic hydroxyl groups is 1. The molecule has 7 heteroatoms. The largest absolute Gasteiger partial charge is 0.495 e. The van der Waals surface area contributed by atoms with E-state index >= 15 is 0 Å². The van der Waals surface area contributed by atoms with Gasteiger partial charge in [0.2, 0.25) is 10.0 Å². The van der Waals surface area contributed by atoms with Crippen molar-refractivity contribution in [1.29, 1.82) is 0 Å². The summed E-state index contributed by atoms with van der Waals surface area (Å²) >= 11 is 5.79. The quantitative estimate of drug-likeness (QED) is 0.838. The fourth-order valence-electron chi connectivity index (χ4n) is 1.51. The van der Waals surface area contributed by atoms with Crippen molar-refractivity contribution in [3.05, 3.63) is 23.2 Å². The summed E-state index contributed by atoms with van der Waals surface area (Å²) in [6.07, 6.45) is 0. The zero-order valence-corrected chi connectivity index (χ0v) is 12.6. The molecule has 0 aromatic heterocycles. The van der Waals surface area contributed by atoms with Crippen molar-refractivity contribution in [1.82, 2.24) is 4.72 Å². The minimum absolute atomic E-state index is 0.00139. The third kappa shape index (κ3) is 4.07. The van der Waals surface area contributed by atoms with Gasteiger partial charge >= 0.3 is 0 Å². The number of ether oxygens (including phenoxy) is 1. The second-order valence-corrected chi connectivity index (χ2v) is 6.57. The molecule has 0 saturated heterocycles. The van der Waals surface area contributed by atoms with E-state index in [1.807, 2.05) is 13.8 Å². The van der Waals surface area contributed by atoms with E-state index in [2.05, 4.69) is 4.72 Å². The van der Waals surface area contributed by atoms with Crippen LogP contribution in [-0.2, 0) is 10.0 Å². The Hall–Kier alpha value is -0.820. The summed E-state index contributed by atoms with van der Waals surface area (Å²) < 4.78 is 32.0. The number of hydrogen-bond donors (Lipinski definition) is 2. The second kappa shape index (κ2) is 6.56. The van der Waals surface area contributed by atoms with Crippen LogP contribution in [0.4, 0.5) is 0 Å². The maximum Gasteiger partial charge on any atom is 0.244 e. The number of sulfonamides is 1. The predicted molar refractivity (Wildman–Crippen MR) is 74.0 cm³/mol. The van der Waals surface area contributed by atoms with Gasteiger partial charge in [0.1, 0.15) is 10.6 Å². The van der Waals surface area contributed by atoms with E-state index in [9.17, 15) is 13.5 Å². The van der Waals surface area contributed by atoms with Crippen molar-refractivity contribution >= 4 is 21.6 Å². The molecule has 108 valence electrons. The van der Waals surface area contributed by atoms with Crippen LogP contribution in [-0.4, -0.2) is 33.3 Å². The maximum absolute atomic E-state index is 12.3. The molecule has 1 atom stereocenters. The fourth-order valence-corrected chi connectivity index (χ4v) is 3.20. The molecule has 0 heterocycles. The van der Waals surface area contributed by atoms with Gasteiger partial charge in [-0.2, -0.15) is 0 Å². The van der Waals surface area contributed by atoms with Gasteiger partial charge in [-0.1, -0.05) is 25.4 Å². The van der Waals surface area contributed by atoms with Crippen LogP contribution in [0.25, 0.3) is 0 Å². The number of nitrogens with one attached hydrogen (secondary N) is 1. The van der Waals surface area contributed by atoms with Crippen LogP contribution in [0.2, 0.25) is 5.02 Å². The fraction of sp³-hybridized carbons (Fsp3) is 0.500. The number of aliphatic hydroxyl groups excluding tert-OH is 1. The van der Waals surface area contributed by atoms with E-state index in [0.717, 1.165) is 0 Å². The van der Waals surface area contributed by atoms with E-state index in [1.54, 1.807) is 0 Å². The monoisotopic (exact) mass is 307 g/mol. The van der Waals surface area contributed by atoms with Crippen LogP contribution in [0.1, 0.15) is 13.8 Å². The highest BCUT2D eigenvalue weighted by molar-refractivity contribution is 7.89. The second-order valence-electron chi connectivity index (χ2n) is 4.45. The van der Waals surface area contributed by atoms with Crippen LogP contribution >= 0.6 is 11.6 Å². The Labute approximate surface area is 118 Å². The lowest BCUT2D eigenvalue weighted by atomic mass is 10.1. The van der Waals surface area contributed by atoms with Gasteiger partial charge in [0.15, 0.2) is 0 Å². The molecule has 0 bridgehead atoms. The number of hydrogen-bond acceptors (Lipinski definition) is 4. The van der Waals surface area contributed by atoms with Crippen LogP contribution in [0.3, 0.4) is 0 Å². The summed E-state index contributed by atoms with van der Waals surface area (Å²) in [5, 5.41) is 9.59. The highest BCUT2D eigenvalue weighted by Crippen LogP contribution is 2.27. The van der Waals surface area contributed by atoms with Gasteiger partial charge in [-0.25, -0.2) is 13.1 Å². The van der Waals surface area contributed by atoms with Crippen molar-refractivity contribution in [3.63, 3.8) is 0 Å². The first kappa shape index (κ1) is 16.2. The molecule has 0 amide bonds. The predicted octanol–water partition coefficient (Wildman–Crippen LogP) is 1.64. The Kier molecular flexibility index (Phi) is 5.61. The third-order valence-electron chi connectivity index (χ3n) is 2.72. The van der Waals surface area contributed by atoms with Crippen LogP contribution in [0.15, 0.2) is 23.1 Å². The first-order valence-electron chi connectivity index (χ1n) is 5.78. The van der Waals surface area contributed by atoms with Gasteiger partial charge in [-0.05, 0) is 18.1 Å². The summed E-state index contributed by atoms with van der Waals surface area (Å²) in [6, 6.07) is 3.73. The maximum atomic E-state index is 12.3. The molecule has 0 fully saturated rings. The van der Waals surface area contributed by atoms with Gasteiger partial charge in [0.05, 0.1) is 13.7 Å². The summed E-state index contributed by atoms with van der Waals surface area (Å²) in [5.74, 6) is 0.138. The van der Waals surface area contributed by atoms with E-state index in [-0.39, 0.29) is 23.2 Å². The average molecular weight is 308 g/mol. The zero-order chi connectivity index (χ0) is 14.6. The molecular formula is C12H18ClNO4S. The standard InChI is InChI=1S/C12H18ClNO4S/c1-8(2)10(7-15)14-19(16,17)12-5-4-9(13)6-11(12)18-3/h4-6,8,10,14-15H,7H2,1-3H3/t10-/m1/s1. The first-order chi connectivity index (χ1) is 8.81. The smallest absolute Gasteiger partial charge is 0.244 e. The number of methoxy groups -OCH3 is 1. The van der Waals surface area contributed by atoms with Crippen molar-refractivity contribution in [2.24, 2.45) is 5.92 Å². The lowest BCUT2D eigenvalue weighted by molar-refractivity contribution is 0.227. The molecule has 1 aromatic carbocycles. The topological polar surface area (TPSA) is 75.6 Å². The molecule has 0 aliphatic rings. The molecule has 19 heavy (non-hydrogen) atoms. The molecule has 0 radical (unpaired) electrons. The Bertz CT molecular complexity index is 531. The van der Waals surface area contributed by atoms with Crippen LogP contribution < -0.4 is 9.46 Å². The summed E-state index contributed by atoms with van der Waals surface area (Å²) in [6.45, 7) is 3.37. The molecule has 0 unspecified atom stereocenters. The Morgan fingerprint density at radius 3 is 2.53 bits per heavy atom. The molecule has 0 aliphatic heterocycles. The van der Waals surface area contributed by atoms with Gasteiger partial charge in [0.25, 0.3) is 0 Å². The van der Waals surface area contributed by atoms with Gasteiger partial charge < -0.3 is 9.84 Å². The van der Waals surface area contributed by atoms with Crippen molar-refractivity contribution in [3.8, 4) is 5.75 Å². The van der Waals surface area contributed by atoms with Gasteiger partial charge in [-0.15, -0.1) is 0 Å². The molecule has 2 N–H and O–H groups in total. The van der Waals surface area contributed by atoms with Crippen LogP contribution in [0.5, 0.6) is 5.75 Å². The average Bonchev–Trinajstić information content (AvgIpc) is 2.35. The number of rotatable bonds is 6. The highest BCUT2D eigenvalue weighted by Gasteiger charge is 2.24. The molecule has 0 aliphatic carbocycles. The lowest BCUT2D eigenvalue weighted by Gasteiger charge is -2.20.